The van der Waals surface area contributed by atoms with Crippen LogP contribution in [0.15, 0.2) is 6.07 Å². The number of nitrogens with two attached hydrogens (primary N) is 2. The molecule has 4 N–H and O–H groups in total. The number of aromatic nitrogens is 2. The fourth-order valence-electron chi connectivity index (χ4n) is 1.14. The highest BCUT2D eigenvalue weighted by Crippen LogP contribution is 2.13. The van der Waals surface area contributed by atoms with Crippen LogP contribution in [0.1, 0.15) is 6.42 Å². The van der Waals surface area contributed by atoms with E-state index in [1.54, 1.807) is 18.0 Å². The predicted molar refractivity (Wildman–Crippen MR) is 60.8 cm³/mol. The van der Waals surface area contributed by atoms with Crippen molar-refractivity contribution in [1.82, 2.24) is 9.97 Å². The van der Waals surface area contributed by atoms with Crippen LogP contribution in [0.25, 0.3) is 0 Å². The second-order valence-corrected chi connectivity index (χ2v) is 3.26. The molecular weight excluding hydrogens is 210 g/mol. The lowest BCUT2D eigenvalue weighted by Crippen LogP contribution is -2.23. The molecule has 0 aromatic carbocycles. The Labute approximate surface area is 93.4 Å². The van der Waals surface area contributed by atoms with Gasteiger partial charge in [-0.1, -0.05) is 0 Å². The van der Waals surface area contributed by atoms with Gasteiger partial charge in [0, 0.05) is 19.7 Å². The van der Waals surface area contributed by atoms with Gasteiger partial charge in [-0.3, -0.25) is 4.79 Å². The van der Waals surface area contributed by atoms with Crippen LogP contribution in [0.2, 0.25) is 0 Å². The van der Waals surface area contributed by atoms with Gasteiger partial charge in [-0.05, 0) is 0 Å². The number of ether oxygens (including phenoxy) is 1. The van der Waals surface area contributed by atoms with Crippen molar-refractivity contribution in [3.05, 3.63) is 6.07 Å². The zero-order valence-corrected chi connectivity index (χ0v) is 9.30. The molecular formula is C9H15N5O2. The number of hydrogen-bond acceptors (Lipinski definition) is 7. The number of esters is 1. The molecule has 0 saturated heterocycles. The first kappa shape index (κ1) is 12.0. The van der Waals surface area contributed by atoms with Crippen molar-refractivity contribution in [1.29, 1.82) is 0 Å². The molecule has 0 aliphatic heterocycles. The van der Waals surface area contributed by atoms with E-state index >= 15 is 0 Å². The van der Waals surface area contributed by atoms with Crippen LogP contribution < -0.4 is 16.4 Å². The molecule has 1 rings (SSSR count). The number of nitrogen functional groups attached to an aromatic ring is 2. The van der Waals surface area contributed by atoms with Gasteiger partial charge in [-0.15, -0.1) is 0 Å². The molecule has 0 saturated carbocycles. The Bertz CT molecular complexity index is 362. The third-order valence-corrected chi connectivity index (χ3v) is 2.02. The van der Waals surface area contributed by atoms with Crippen molar-refractivity contribution in [3.8, 4) is 0 Å². The normalized spacial score (nSPS) is 9.88. The van der Waals surface area contributed by atoms with Crippen molar-refractivity contribution >= 4 is 23.6 Å². The fraction of sp³-hybridized carbons (Fsp3) is 0.444. The van der Waals surface area contributed by atoms with E-state index in [-0.39, 0.29) is 18.3 Å². The Morgan fingerprint density at radius 2 is 2.19 bits per heavy atom. The summed E-state index contributed by atoms with van der Waals surface area (Å²) in [6.07, 6.45) is 0.275. The molecule has 1 heterocycles. The van der Waals surface area contributed by atoms with Gasteiger partial charge in [0.25, 0.3) is 0 Å². The Morgan fingerprint density at radius 1 is 1.50 bits per heavy atom. The Balaban J connectivity index is 2.65. The third kappa shape index (κ3) is 3.26. The second kappa shape index (κ2) is 5.15. The van der Waals surface area contributed by atoms with Crippen LogP contribution in [0.3, 0.4) is 0 Å². The van der Waals surface area contributed by atoms with E-state index in [9.17, 15) is 4.79 Å². The number of carbonyl (C=O) groups is 1. The molecule has 0 fully saturated rings. The van der Waals surface area contributed by atoms with E-state index in [1.165, 1.54) is 7.11 Å². The molecule has 0 unspecified atom stereocenters. The second-order valence-electron chi connectivity index (χ2n) is 3.26. The van der Waals surface area contributed by atoms with Gasteiger partial charge >= 0.3 is 5.97 Å². The summed E-state index contributed by atoms with van der Waals surface area (Å²) in [6, 6.07) is 1.59. The summed E-state index contributed by atoms with van der Waals surface area (Å²) < 4.78 is 4.54. The summed E-state index contributed by atoms with van der Waals surface area (Å²) in [6.45, 7) is 0.475. The SMILES string of the molecule is COC(=O)CCN(C)c1cc(N)nc(N)n1. The molecule has 0 atom stereocenters. The molecule has 16 heavy (non-hydrogen) atoms. The largest absolute Gasteiger partial charge is 0.469 e. The number of nitrogens with zero attached hydrogens (tertiary/aromatic N) is 3. The molecule has 0 aliphatic rings. The van der Waals surface area contributed by atoms with Crippen LogP contribution in [-0.4, -0.2) is 36.6 Å². The first-order valence-electron chi connectivity index (χ1n) is 4.71. The minimum absolute atomic E-state index is 0.111. The first-order valence-corrected chi connectivity index (χ1v) is 4.71. The van der Waals surface area contributed by atoms with Crippen molar-refractivity contribution in [2.24, 2.45) is 0 Å². The van der Waals surface area contributed by atoms with E-state index < -0.39 is 0 Å². The van der Waals surface area contributed by atoms with Gasteiger partial charge in [0.15, 0.2) is 0 Å². The minimum atomic E-state index is -0.276. The number of carbonyl (C=O) groups excluding carboxylic acids is 1. The number of rotatable bonds is 4. The zero-order chi connectivity index (χ0) is 12.1. The number of anilines is 3. The van der Waals surface area contributed by atoms with Crippen molar-refractivity contribution in [2.75, 3.05) is 37.1 Å². The average molecular weight is 225 g/mol. The van der Waals surface area contributed by atoms with Crippen LogP contribution in [0.5, 0.6) is 0 Å². The van der Waals surface area contributed by atoms with Gasteiger partial charge in [-0.2, -0.15) is 9.97 Å². The fourth-order valence-corrected chi connectivity index (χ4v) is 1.14. The van der Waals surface area contributed by atoms with E-state index in [0.29, 0.717) is 18.2 Å². The third-order valence-electron chi connectivity index (χ3n) is 2.02. The maximum absolute atomic E-state index is 11.0. The maximum Gasteiger partial charge on any atom is 0.307 e. The van der Waals surface area contributed by atoms with Gasteiger partial charge in [0.05, 0.1) is 13.5 Å². The van der Waals surface area contributed by atoms with Crippen molar-refractivity contribution in [3.63, 3.8) is 0 Å². The van der Waals surface area contributed by atoms with Gasteiger partial charge in [-0.25, -0.2) is 0 Å². The van der Waals surface area contributed by atoms with Gasteiger partial charge in [0.2, 0.25) is 5.95 Å². The first-order chi connectivity index (χ1) is 7.52. The highest BCUT2D eigenvalue weighted by atomic mass is 16.5. The zero-order valence-electron chi connectivity index (χ0n) is 9.30. The number of hydrogen-bond donors (Lipinski definition) is 2. The van der Waals surface area contributed by atoms with E-state index in [0.717, 1.165) is 0 Å². The van der Waals surface area contributed by atoms with E-state index in [4.69, 9.17) is 11.5 Å². The Hall–Kier alpha value is -2.05. The Kier molecular flexibility index (Phi) is 3.87. The smallest absolute Gasteiger partial charge is 0.307 e. The van der Waals surface area contributed by atoms with Gasteiger partial charge in [0.1, 0.15) is 11.6 Å². The summed E-state index contributed by atoms with van der Waals surface area (Å²) in [5.41, 5.74) is 11.0. The molecule has 0 amide bonds. The average Bonchev–Trinajstić information content (AvgIpc) is 2.23. The predicted octanol–water partition coefficient (Wildman–Crippen LogP) is -0.360. The van der Waals surface area contributed by atoms with E-state index in [2.05, 4.69) is 14.7 Å². The highest BCUT2D eigenvalue weighted by Gasteiger charge is 2.08. The van der Waals surface area contributed by atoms with Crippen molar-refractivity contribution in [2.45, 2.75) is 6.42 Å². The lowest BCUT2D eigenvalue weighted by Gasteiger charge is -2.17. The molecule has 0 aliphatic carbocycles. The van der Waals surface area contributed by atoms with E-state index in [1.807, 2.05) is 0 Å². The molecule has 7 nitrogen and oxygen atoms in total. The quantitative estimate of drug-likeness (QED) is 0.673. The summed E-state index contributed by atoms with van der Waals surface area (Å²) in [5.74, 6) is 0.711. The summed E-state index contributed by atoms with van der Waals surface area (Å²) in [7, 11) is 3.13. The Morgan fingerprint density at radius 3 is 2.75 bits per heavy atom. The lowest BCUT2D eigenvalue weighted by atomic mass is 10.4. The topological polar surface area (TPSA) is 107 Å². The summed E-state index contributed by atoms with van der Waals surface area (Å²) in [4.78, 5) is 20.5. The standard InChI is InChI=1S/C9H15N5O2/c1-14(4-3-8(15)16-2)7-5-6(10)12-9(11)13-7/h5H,3-4H2,1-2H3,(H4,10,11,12,13). The lowest BCUT2D eigenvalue weighted by molar-refractivity contribution is -0.140. The maximum atomic E-state index is 11.0. The molecule has 0 spiro atoms. The molecule has 0 radical (unpaired) electrons. The van der Waals surface area contributed by atoms with Crippen LogP contribution in [-0.2, 0) is 9.53 Å². The molecule has 0 bridgehead atoms. The monoisotopic (exact) mass is 225 g/mol. The molecule has 1 aromatic rings. The van der Waals surface area contributed by atoms with Crippen LogP contribution >= 0.6 is 0 Å². The highest BCUT2D eigenvalue weighted by molar-refractivity contribution is 5.70. The molecule has 7 heteroatoms. The minimum Gasteiger partial charge on any atom is -0.469 e. The summed E-state index contributed by atoms with van der Waals surface area (Å²) >= 11 is 0. The molecule has 1 aromatic heterocycles. The number of methoxy groups -OCH3 is 1. The van der Waals surface area contributed by atoms with Gasteiger partial charge < -0.3 is 21.1 Å². The van der Waals surface area contributed by atoms with Crippen LogP contribution in [0.4, 0.5) is 17.6 Å². The van der Waals surface area contributed by atoms with Crippen molar-refractivity contribution < 1.29 is 9.53 Å². The summed E-state index contributed by atoms with van der Waals surface area (Å²) in [5, 5.41) is 0. The van der Waals surface area contributed by atoms with Crippen LogP contribution in [0, 0.1) is 0 Å². The molecule has 88 valence electrons.